The zero-order valence-electron chi connectivity index (χ0n) is 19.7. The zero-order chi connectivity index (χ0) is 29.6. The van der Waals surface area contributed by atoms with E-state index < -0.39 is 67.9 Å². The number of phenols is 2. The number of rotatable bonds is 7. The number of hydrogen-bond acceptors (Lipinski definition) is 12. The molecule has 0 spiro atoms. The van der Waals surface area contributed by atoms with Gasteiger partial charge >= 0.3 is 0 Å². The fourth-order valence-electron chi connectivity index (χ4n) is 3.55. The summed E-state index contributed by atoms with van der Waals surface area (Å²) in [7, 11) is -15.4. The topological polar surface area (TPSA) is 266 Å². The second kappa shape index (κ2) is 10.0. The molecule has 40 heavy (non-hydrogen) atoms. The molecule has 4 aromatic carbocycles. The first-order valence-electron chi connectivity index (χ1n) is 10.6. The van der Waals surface area contributed by atoms with E-state index in [1.165, 1.54) is 18.2 Å². The Morgan fingerprint density at radius 1 is 0.650 bits per heavy atom. The van der Waals surface area contributed by atoms with E-state index >= 15 is 0 Å². The molecule has 210 valence electrons. The molecule has 0 bridgehead atoms. The van der Waals surface area contributed by atoms with E-state index in [9.17, 15) is 49.1 Å². The molecule has 0 aromatic heterocycles. The lowest BCUT2D eigenvalue weighted by molar-refractivity contribution is 0.442. The highest BCUT2D eigenvalue weighted by Gasteiger charge is 2.26. The Morgan fingerprint density at radius 2 is 1.25 bits per heavy atom. The van der Waals surface area contributed by atoms with Gasteiger partial charge in [0.05, 0.1) is 4.90 Å². The molecule has 0 heterocycles. The van der Waals surface area contributed by atoms with Gasteiger partial charge in [-0.15, -0.1) is 10.2 Å². The lowest BCUT2D eigenvalue weighted by Crippen LogP contribution is -2.03. The molecule has 15 nitrogen and oxygen atoms in total. The number of nitrogens with two attached hydrogens (primary N) is 1. The van der Waals surface area contributed by atoms with Crippen molar-refractivity contribution >= 4 is 69.6 Å². The van der Waals surface area contributed by atoms with Gasteiger partial charge in [-0.05, 0) is 66.0 Å². The highest BCUT2D eigenvalue weighted by Crippen LogP contribution is 2.43. The quantitative estimate of drug-likeness (QED) is 0.0894. The van der Waals surface area contributed by atoms with Crippen LogP contribution in [0.25, 0.3) is 10.8 Å². The van der Waals surface area contributed by atoms with Crippen LogP contribution in [0.1, 0.15) is 0 Å². The van der Waals surface area contributed by atoms with Crippen LogP contribution in [-0.4, -0.2) is 49.1 Å². The summed E-state index contributed by atoms with van der Waals surface area (Å²) in [6.45, 7) is 0. The normalized spacial score (nSPS) is 12.7. The molecule has 0 atom stereocenters. The third-order valence-electron chi connectivity index (χ3n) is 5.39. The number of fused-ring (bicyclic) bond motifs is 1. The Morgan fingerprint density at radius 3 is 1.82 bits per heavy atom. The van der Waals surface area contributed by atoms with E-state index in [-0.39, 0.29) is 16.8 Å². The average molecular weight is 611 g/mol. The minimum atomic E-state index is -5.24. The lowest BCUT2D eigenvalue weighted by Gasteiger charge is -2.12. The third kappa shape index (κ3) is 5.96. The Labute approximate surface area is 226 Å². The second-order valence-electron chi connectivity index (χ2n) is 8.17. The number of anilines is 3. The molecule has 0 fully saturated rings. The van der Waals surface area contributed by atoms with Crippen LogP contribution in [0.2, 0.25) is 0 Å². The standard InChI is InChI=1S/C22H18N4O11S3/c23-12-1-3-13(4-2-12)24-14-5-6-16-11(7-14)8-18(39(32,33)34)20(21(16)27)26-25-17-9-15(38(29,30)31)10-19(22(17)28)40(35,36)37/h1-10,24,27-28H,23H2,(H,29,30,31)(H,32,33,34)(H,35,36,37). The SMILES string of the molecule is Nc1ccc(Nc2ccc3c(O)c(N=Nc4cc(S(=O)(=O)O)cc(S(=O)(=O)O)c4O)c(S(=O)(=O)O)cc3c2)cc1. The molecular weight excluding hydrogens is 592 g/mol. The summed E-state index contributed by atoms with van der Waals surface area (Å²) in [6.07, 6.45) is 0. The smallest absolute Gasteiger partial charge is 0.298 e. The van der Waals surface area contributed by atoms with E-state index in [4.69, 9.17) is 5.73 Å². The van der Waals surface area contributed by atoms with Crippen LogP contribution >= 0.6 is 0 Å². The number of phenolic OH excluding ortho intramolecular Hbond substituents is 2. The summed E-state index contributed by atoms with van der Waals surface area (Å²) in [4.78, 5) is -3.44. The van der Waals surface area contributed by atoms with Crippen molar-refractivity contribution < 1.29 is 49.1 Å². The van der Waals surface area contributed by atoms with Gasteiger partial charge in [0.2, 0.25) is 0 Å². The average Bonchev–Trinajstić information content (AvgIpc) is 2.83. The van der Waals surface area contributed by atoms with Crippen molar-refractivity contribution in [2.24, 2.45) is 10.2 Å². The van der Waals surface area contributed by atoms with Gasteiger partial charge in [0.15, 0.2) is 11.5 Å². The summed E-state index contributed by atoms with van der Waals surface area (Å²) < 4.78 is 99.0. The molecule has 8 N–H and O–H groups in total. The van der Waals surface area contributed by atoms with Crippen molar-refractivity contribution in [1.82, 2.24) is 0 Å². The molecule has 0 aliphatic rings. The number of nitrogens with one attached hydrogen (secondary N) is 1. The first-order valence-corrected chi connectivity index (χ1v) is 14.9. The lowest BCUT2D eigenvalue weighted by atomic mass is 10.1. The molecule has 0 saturated heterocycles. The maximum Gasteiger partial charge on any atom is 0.298 e. The van der Waals surface area contributed by atoms with Crippen molar-refractivity contribution in [3.8, 4) is 11.5 Å². The van der Waals surface area contributed by atoms with Crippen LogP contribution in [0.4, 0.5) is 28.4 Å². The molecule has 0 saturated carbocycles. The fraction of sp³-hybridized carbons (Fsp3) is 0. The summed E-state index contributed by atoms with van der Waals surface area (Å²) >= 11 is 0. The Balaban J connectivity index is 1.88. The monoisotopic (exact) mass is 610 g/mol. The first kappa shape index (κ1) is 28.7. The maximum absolute atomic E-state index is 12.1. The Kier molecular flexibility index (Phi) is 7.17. The number of hydrogen-bond donors (Lipinski definition) is 7. The van der Waals surface area contributed by atoms with Gasteiger partial charge in [-0.25, -0.2) is 0 Å². The van der Waals surface area contributed by atoms with Gasteiger partial charge in [-0.2, -0.15) is 25.3 Å². The van der Waals surface area contributed by atoms with Gasteiger partial charge in [-0.1, -0.05) is 0 Å². The molecule has 0 radical (unpaired) electrons. The molecule has 0 unspecified atom stereocenters. The first-order chi connectivity index (χ1) is 18.4. The minimum Gasteiger partial charge on any atom is -0.505 e. The fourth-order valence-corrected chi connectivity index (χ4v) is 5.43. The highest BCUT2D eigenvalue weighted by molar-refractivity contribution is 7.86. The molecule has 4 aromatic rings. The minimum absolute atomic E-state index is 0.0266. The van der Waals surface area contributed by atoms with E-state index in [0.29, 0.717) is 23.1 Å². The summed E-state index contributed by atoms with van der Waals surface area (Å²) in [5, 5.41) is 31.1. The Bertz CT molecular complexity index is 2030. The van der Waals surface area contributed by atoms with E-state index in [1.807, 2.05) is 0 Å². The molecule has 0 aliphatic carbocycles. The molecule has 4 rings (SSSR count). The summed E-state index contributed by atoms with van der Waals surface area (Å²) in [5.74, 6) is -2.13. The second-order valence-corrected chi connectivity index (χ2v) is 12.4. The van der Waals surface area contributed by atoms with Gasteiger partial charge in [-0.3, -0.25) is 13.7 Å². The van der Waals surface area contributed by atoms with Crippen molar-refractivity contribution in [1.29, 1.82) is 0 Å². The number of aromatic hydroxyl groups is 2. The van der Waals surface area contributed by atoms with Crippen LogP contribution in [-0.2, 0) is 30.4 Å². The highest BCUT2D eigenvalue weighted by atomic mass is 32.2. The van der Waals surface area contributed by atoms with Crippen molar-refractivity contribution in [3.05, 3.63) is 60.7 Å². The molecule has 18 heteroatoms. The van der Waals surface area contributed by atoms with E-state index in [2.05, 4.69) is 15.5 Å². The van der Waals surface area contributed by atoms with Crippen LogP contribution in [0, 0.1) is 0 Å². The molecular formula is C22H18N4O11S3. The third-order valence-corrected chi connectivity index (χ3v) is 7.96. The number of benzene rings is 4. The van der Waals surface area contributed by atoms with Gasteiger partial charge in [0.25, 0.3) is 30.4 Å². The van der Waals surface area contributed by atoms with Crippen LogP contribution in [0.15, 0.2) is 85.6 Å². The van der Waals surface area contributed by atoms with E-state index in [1.54, 1.807) is 24.3 Å². The van der Waals surface area contributed by atoms with Gasteiger partial charge < -0.3 is 21.3 Å². The van der Waals surface area contributed by atoms with Gasteiger partial charge in [0, 0.05) is 22.4 Å². The predicted molar refractivity (Wildman–Crippen MR) is 141 cm³/mol. The predicted octanol–water partition coefficient (Wildman–Crippen LogP) is 3.73. The number of azo groups is 1. The zero-order valence-corrected chi connectivity index (χ0v) is 22.1. The van der Waals surface area contributed by atoms with Crippen LogP contribution in [0.5, 0.6) is 11.5 Å². The summed E-state index contributed by atoms with van der Waals surface area (Å²) in [5.41, 5.74) is 5.45. The van der Waals surface area contributed by atoms with Gasteiger partial charge in [0.1, 0.15) is 21.2 Å². The van der Waals surface area contributed by atoms with Crippen molar-refractivity contribution in [2.45, 2.75) is 14.7 Å². The maximum atomic E-state index is 12.1. The number of nitrogens with zero attached hydrogens (tertiary/aromatic N) is 2. The largest absolute Gasteiger partial charge is 0.505 e. The molecule has 0 aliphatic heterocycles. The van der Waals surface area contributed by atoms with Crippen LogP contribution < -0.4 is 11.1 Å². The summed E-state index contributed by atoms with van der Waals surface area (Å²) in [6, 6.07) is 12.7. The van der Waals surface area contributed by atoms with Crippen molar-refractivity contribution in [3.63, 3.8) is 0 Å². The Hall–Kier alpha value is -4.33. The molecule has 0 amide bonds. The van der Waals surface area contributed by atoms with Crippen molar-refractivity contribution in [2.75, 3.05) is 11.1 Å². The van der Waals surface area contributed by atoms with Crippen LogP contribution in [0.3, 0.4) is 0 Å². The van der Waals surface area contributed by atoms with E-state index in [0.717, 1.165) is 6.07 Å². The number of nitrogen functional groups attached to an aromatic ring is 1.